The number of ether oxygens (including phenoxy) is 1. The van der Waals surface area contributed by atoms with Crippen LogP contribution in [0.15, 0.2) is 44.7 Å². The molecular weight excluding hydrogens is 258 g/mol. The van der Waals surface area contributed by atoms with Crippen LogP contribution < -0.4 is 10.1 Å². The number of hydrogen-bond donors (Lipinski definition) is 1. The van der Waals surface area contributed by atoms with E-state index in [0.717, 1.165) is 12.0 Å². The van der Waals surface area contributed by atoms with Gasteiger partial charge in [0, 0.05) is 5.56 Å². The first kappa shape index (κ1) is 12.5. The fourth-order valence-electron chi connectivity index (χ4n) is 1.98. The van der Waals surface area contributed by atoms with E-state index in [1.54, 1.807) is 0 Å². The molecule has 2 heterocycles. The highest BCUT2D eigenvalue weighted by molar-refractivity contribution is 6.67. The van der Waals surface area contributed by atoms with E-state index in [9.17, 15) is 4.79 Å². The largest absolute Gasteiger partial charge is 0.493 e. The summed E-state index contributed by atoms with van der Waals surface area (Å²) < 4.78 is 5.68. The van der Waals surface area contributed by atoms with Gasteiger partial charge in [-0.25, -0.2) is 4.99 Å². The number of fused-ring (bicyclic) bond motifs is 1. The molecular formula is C13H13N5O2. The summed E-state index contributed by atoms with van der Waals surface area (Å²) >= 11 is 0. The summed E-state index contributed by atoms with van der Waals surface area (Å²) in [6.45, 7) is 2.65. The van der Waals surface area contributed by atoms with Gasteiger partial charge in [-0.2, -0.15) is 0 Å². The molecule has 3 rings (SSSR count). The van der Waals surface area contributed by atoms with Gasteiger partial charge >= 0.3 is 0 Å². The Morgan fingerprint density at radius 1 is 1.35 bits per heavy atom. The number of benzene rings is 1. The zero-order valence-electron chi connectivity index (χ0n) is 10.9. The van der Waals surface area contributed by atoms with E-state index in [-0.39, 0.29) is 17.5 Å². The van der Waals surface area contributed by atoms with Crippen molar-refractivity contribution in [2.45, 2.75) is 19.5 Å². The van der Waals surface area contributed by atoms with Crippen molar-refractivity contribution < 1.29 is 9.53 Å². The highest BCUT2D eigenvalue weighted by Gasteiger charge is 2.32. The quantitative estimate of drug-likeness (QED) is 0.905. The Balaban J connectivity index is 1.94. The number of carbonyl (C=O) groups excluding carboxylic acids is 1. The first-order chi connectivity index (χ1) is 9.79. The molecule has 0 radical (unpaired) electrons. The van der Waals surface area contributed by atoms with Crippen molar-refractivity contribution >= 4 is 17.5 Å². The molecule has 7 nitrogen and oxygen atoms in total. The fourth-order valence-corrected chi connectivity index (χ4v) is 1.98. The van der Waals surface area contributed by atoms with Crippen LogP contribution >= 0.6 is 0 Å². The summed E-state index contributed by atoms with van der Waals surface area (Å²) in [7, 11) is 0. The molecule has 0 fully saturated rings. The molecule has 2 aliphatic heterocycles. The Kier molecular flexibility index (Phi) is 3.24. The monoisotopic (exact) mass is 271 g/mol. The van der Waals surface area contributed by atoms with Gasteiger partial charge < -0.3 is 10.1 Å². The maximum absolute atomic E-state index is 11.9. The standard InChI is InChI=1S/C13H13N5O2/c1-2-7-20-9-6-4-3-5-8(9)11-14-12-10(13(19)15-11)16-18-17-12/h3-6,11H,2,7H2,1H3,(H,15,19). The second-order valence-corrected chi connectivity index (χ2v) is 4.35. The van der Waals surface area contributed by atoms with Crippen molar-refractivity contribution in [2.24, 2.45) is 20.4 Å². The van der Waals surface area contributed by atoms with Gasteiger partial charge in [0.2, 0.25) is 5.84 Å². The molecule has 0 aromatic heterocycles. The lowest BCUT2D eigenvalue weighted by Crippen LogP contribution is -2.41. The number of nitrogens with one attached hydrogen (secondary N) is 1. The molecule has 102 valence electrons. The van der Waals surface area contributed by atoms with Crippen LogP contribution in [0.1, 0.15) is 25.1 Å². The number of rotatable bonds is 4. The van der Waals surface area contributed by atoms with Crippen LogP contribution in [0.25, 0.3) is 0 Å². The summed E-state index contributed by atoms with van der Waals surface area (Å²) in [6.07, 6.45) is 0.381. The van der Waals surface area contributed by atoms with Gasteiger partial charge in [-0.05, 0) is 17.7 Å². The van der Waals surface area contributed by atoms with E-state index in [1.165, 1.54) is 0 Å². The van der Waals surface area contributed by atoms with E-state index in [1.807, 2.05) is 31.2 Å². The number of amides is 1. The van der Waals surface area contributed by atoms with Gasteiger partial charge in [0.1, 0.15) is 5.75 Å². The number of para-hydroxylation sites is 1. The van der Waals surface area contributed by atoms with Crippen molar-refractivity contribution in [3.05, 3.63) is 29.8 Å². The van der Waals surface area contributed by atoms with Crippen molar-refractivity contribution in [3.63, 3.8) is 0 Å². The van der Waals surface area contributed by atoms with Crippen LogP contribution in [0.5, 0.6) is 5.75 Å². The van der Waals surface area contributed by atoms with Crippen molar-refractivity contribution in [1.82, 2.24) is 5.32 Å². The predicted octanol–water partition coefficient (Wildman–Crippen LogP) is 1.82. The molecule has 1 amide bonds. The smallest absolute Gasteiger partial charge is 0.277 e. The maximum atomic E-state index is 11.9. The Hall–Kier alpha value is -2.57. The summed E-state index contributed by atoms with van der Waals surface area (Å²) in [4.78, 5) is 16.2. The Bertz CT molecular complexity index is 635. The van der Waals surface area contributed by atoms with Crippen LogP contribution in [0.2, 0.25) is 0 Å². The number of amidine groups is 1. The van der Waals surface area contributed by atoms with Crippen molar-refractivity contribution in [1.29, 1.82) is 0 Å². The van der Waals surface area contributed by atoms with E-state index in [2.05, 4.69) is 25.7 Å². The minimum absolute atomic E-state index is 0.160. The number of carbonyl (C=O) groups is 1. The average Bonchev–Trinajstić information content (AvgIpc) is 2.94. The molecule has 1 N–H and O–H groups in total. The summed E-state index contributed by atoms with van der Waals surface area (Å²) in [6, 6.07) is 7.49. The normalized spacial score (nSPS) is 20.1. The second kappa shape index (κ2) is 5.20. The molecule has 0 aliphatic carbocycles. The second-order valence-electron chi connectivity index (χ2n) is 4.35. The third kappa shape index (κ3) is 2.18. The van der Waals surface area contributed by atoms with Crippen LogP contribution in [0.3, 0.4) is 0 Å². The molecule has 1 unspecified atom stereocenters. The number of aliphatic imine (C=N–C) groups is 1. The van der Waals surface area contributed by atoms with E-state index in [0.29, 0.717) is 12.4 Å². The van der Waals surface area contributed by atoms with Gasteiger partial charge in [0.05, 0.1) is 6.61 Å². The molecule has 7 heteroatoms. The lowest BCUT2D eigenvalue weighted by atomic mass is 10.1. The predicted molar refractivity (Wildman–Crippen MR) is 72.8 cm³/mol. The minimum Gasteiger partial charge on any atom is -0.493 e. The van der Waals surface area contributed by atoms with Crippen LogP contribution in [0, 0.1) is 0 Å². The Morgan fingerprint density at radius 3 is 3.05 bits per heavy atom. The Labute approximate surface area is 115 Å². The molecule has 0 saturated heterocycles. The third-order valence-electron chi connectivity index (χ3n) is 2.91. The van der Waals surface area contributed by atoms with E-state index in [4.69, 9.17) is 4.74 Å². The van der Waals surface area contributed by atoms with Crippen LogP contribution in [-0.4, -0.2) is 24.1 Å². The lowest BCUT2D eigenvalue weighted by molar-refractivity contribution is -0.115. The molecule has 1 atom stereocenters. The summed E-state index contributed by atoms with van der Waals surface area (Å²) in [5, 5.41) is 13.6. The molecule has 0 spiro atoms. The average molecular weight is 271 g/mol. The summed E-state index contributed by atoms with van der Waals surface area (Å²) in [5.74, 6) is 0.652. The molecule has 0 bridgehead atoms. The van der Waals surface area contributed by atoms with Gasteiger partial charge in [0.25, 0.3) is 5.91 Å². The van der Waals surface area contributed by atoms with Gasteiger partial charge in [-0.3, -0.25) is 4.79 Å². The Morgan fingerprint density at radius 2 is 2.20 bits per heavy atom. The number of nitrogens with zero attached hydrogens (tertiary/aromatic N) is 4. The van der Waals surface area contributed by atoms with Crippen LogP contribution in [-0.2, 0) is 4.79 Å². The maximum Gasteiger partial charge on any atom is 0.277 e. The minimum atomic E-state index is -0.526. The fraction of sp³-hybridized carbons (Fsp3) is 0.308. The SMILES string of the molecule is CCCOc1ccccc1C1N=C2N=NN=C2C(=O)N1. The van der Waals surface area contributed by atoms with Crippen molar-refractivity contribution in [2.75, 3.05) is 6.61 Å². The molecule has 1 aromatic carbocycles. The molecule has 20 heavy (non-hydrogen) atoms. The number of hydrogen-bond acceptors (Lipinski definition) is 6. The van der Waals surface area contributed by atoms with Gasteiger partial charge in [-0.15, -0.1) is 10.2 Å². The topological polar surface area (TPSA) is 87.8 Å². The molecule has 2 aliphatic rings. The highest BCUT2D eigenvalue weighted by atomic mass is 16.5. The zero-order valence-corrected chi connectivity index (χ0v) is 10.9. The lowest BCUT2D eigenvalue weighted by Gasteiger charge is -2.21. The van der Waals surface area contributed by atoms with Crippen molar-refractivity contribution in [3.8, 4) is 5.75 Å². The first-order valence-corrected chi connectivity index (χ1v) is 6.39. The van der Waals surface area contributed by atoms with E-state index < -0.39 is 6.17 Å². The highest BCUT2D eigenvalue weighted by Crippen LogP contribution is 2.28. The molecule has 1 aromatic rings. The summed E-state index contributed by atoms with van der Waals surface area (Å²) in [5.41, 5.74) is 0.955. The zero-order chi connectivity index (χ0) is 13.9. The van der Waals surface area contributed by atoms with Gasteiger partial charge in [-0.1, -0.05) is 25.1 Å². The molecule has 0 saturated carbocycles. The first-order valence-electron chi connectivity index (χ1n) is 6.39. The van der Waals surface area contributed by atoms with E-state index >= 15 is 0 Å². The third-order valence-corrected chi connectivity index (χ3v) is 2.91. The van der Waals surface area contributed by atoms with Gasteiger partial charge in [0.15, 0.2) is 11.9 Å². The van der Waals surface area contributed by atoms with Crippen LogP contribution in [0.4, 0.5) is 0 Å².